The Balaban J connectivity index is 2.10. The van der Waals surface area contributed by atoms with Crippen LogP contribution in [0, 0.1) is 11.7 Å². The van der Waals surface area contributed by atoms with E-state index in [-0.39, 0.29) is 5.82 Å². The third kappa shape index (κ3) is 3.11. The van der Waals surface area contributed by atoms with Gasteiger partial charge in [-0.3, -0.25) is 0 Å². The van der Waals surface area contributed by atoms with Crippen molar-refractivity contribution >= 4 is 17.3 Å². The minimum atomic E-state index is -0.267. The molecule has 0 spiro atoms. The first-order chi connectivity index (χ1) is 8.20. The van der Waals surface area contributed by atoms with Gasteiger partial charge in [0.05, 0.1) is 10.7 Å². The van der Waals surface area contributed by atoms with Crippen molar-refractivity contribution in [2.45, 2.75) is 31.7 Å². The molecule has 3 N–H and O–H groups in total. The fourth-order valence-corrected chi connectivity index (χ4v) is 2.66. The van der Waals surface area contributed by atoms with Crippen LogP contribution in [0.4, 0.5) is 10.1 Å². The molecule has 1 aromatic carbocycles. The van der Waals surface area contributed by atoms with Crippen LogP contribution in [0.2, 0.25) is 5.02 Å². The Hall–Kier alpha value is -0.800. The standard InChI is InChI=1S/C13H18ClFN2/c14-11-6-5-10(15)7-13(11)17-12-4-2-1-3-9(12)8-16/h5-7,9,12,17H,1-4,8,16H2. The number of benzene rings is 1. The molecule has 2 unspecified atom stereocenters. The normalized spacial score (nSPS) is 24.6. The number of anilines is 1. The molecule has 0 amide bonds. The Morgan fingerprint density at radius 3 is 2.88 bits per heavy atom. The van der Waals surface area contributed by atoms with Gasteiger partial charge in [-0.1, -0.05) is 24.4 Å². The SMILES string of the molecule is NCC1CCCCC1Nc1cc(F)ccc1Cl. The van der Waals surface area contributed by atoms with E-state index in [1.807, 2.05) is 0 Å². The molecule has 1 fully saturated rings. The van der Waals surface area contributed by atoms with Gasteiger partial charge in [0, 0.05) is 6.04 Å². The Labute approximate surface area is 106 Å². The van der Waals surface area contributed by atoms with E-state index in [0.29, 0.717) is 29.2 Å². The van der Waals surface area contributed by atoms with E-state index in [1.165, 1.54) is 25.0 Å². The summed E-state index contributed by atoms with van der Waals surface area (Å²) in [5, 5.41) is 3.90. The van der Waals surface area contributed by atoms with Gasteiger partial charge in [0.15, 0.2) is 0 Å². The summed E-state index contributed by atoms with van der Waals surface area (Å²) in [5.74, 6) is 0.195. The van der Waals surface area contributed by atoms with Crippen LogP contribution in [0.1, 0.15) is 25.7 Å². The smallest absolute Gasteiger partial charge is 0.125 e. The Kier molecular flexibility index (Phi) is 4.24. The molecule has 17 heavy (non-hydrogen) atoms. The molecule has 2 rings (SSSR count). The summed E-state index contributed by atoms with van der Waals surface area (Å²) in [4.78, 5) is 0. The maximum Gasteiger partial charge on any atom is 0.125 e. The quantitative estimate of drug-likeness (QED) is 0.870. The number of hydrogen-bond donors (Lipinski definition) is 2. The molecule has 1 saturated carbocycles. The Morgan fingerprint density at radius 1 is 1.35 bits per heavy atom. The number of rotatable bonds is 3. The van der Waals surface area contributed by atoms with Crippen molar-refractivity contribution in [3.8, 4) is 0 Å². The minimum absolute atomic E-state index is 0.267. The van der Waals surface area contributed by atoms with E-state index < -0.39 is 0 Å². The highest BCUT2D eigenvalue weighted by Gasteiger charge is 2.24. The van der Waals surface area contributed by atoms with Crippen molar-refractivity contribution < 1.29 is 4.39 Å². The molecular weight excluding hydrogens is 239 g/mol. The second-order valence-electron chi connectivity index (χ2n) is 4.66. The first-order valence-corrected chi connectivity index (χ1v) is 6.50. The molecule has 0 aromatic heterocycles. The van der Waals surface area contributed by atoms with Gasteiger partial charge < -0.3 is 11.1 Å². The van der Waals surface area contributed by atoms with Gasteiger partial charge in [0.2, 0.25) is 0 Å². The lowest BCUT2D eigenvalue weighted by atomic mass is 9.84. The highest BCUT2D eigenvalue weighted by atomic mass is 35.5. The van der Waals surface area contributed by atoms with Crippen LogP contribution in [-0.2, 0) is 0 Å². The van der Waals surface area contributed by atoms with Crippen LogP contribution in [-0.4, -0.2) is 12.6 Å². The van der Waals surface area contributed by atoms with Gasteiger partial charge in [-0.05, 0) is 43.5 Å². The van der Waals surface area contributed by atoms with E-state index in [9.17, 15) is 4.39 Å². The monoisotopic (exact) mass is 256 g/mol. The number of nitrogens with two attached hydrogens (primary N) is 1. The van der Waals surface area contributed by atoms with E-state index in [2.05, 4.69) is 5.32 Å². The summed E-state index contributed by atoms with van der Waals surface area (Å²) in [6.45, 7) is 0.671. The van der Waals surface area contributed by atoms with Gasteiger partial charge in [0.25, 0.3) is 0 Å². The van der Waals surface area contributed by atoms with E-state index in [1.54, 1.807) is 6.07 Å². The molecule has 0 radical (unpaired) electrons. The van der Waals surface area contributed by atoms with Crippen LogP contribution in [0.25, 0.3) is 0 Å². The average molecular weight is 257 g/mol. The predicted octanol–water partition coefficient (Wildman–Crippen LogP) is 3.41. The molecule has 94 valence electrons. The van der Waals surface area contributed by atoms with Crippen LogP contribution in [0.3, 0.4) is 0 Å². The molecule has 1 aliphatic carbocycles. The van der Waals surface area contributed by atoms with E-state index in [4.69, 9.17) is 17.3 Å². The predicted molar refractivity (Wildman–Crippen MR) is 69.8 cm³/mol. The lowest BCUT2D eigenvalue weighted by Crippen LogP contribution is -2.36. The van der Waals surface area contributed by atoms with Crippen molar-refractivity contribution in [3.63, 3.8) is 0 Å². The summed E-state index contributed by atoms with van der Waals surface area (Å²) >= 11 is 6.05. The molecule has 4 heteroatoms. The average Bonchev–Trinajstić information content (AvgIpc) is 2.34. The largest absolute Gasteiger partial charge is 0.381 e. The molecule has 1 aromatic rings. The summed E-state index contributed by atoms with van der Waals surface area (Å²) in [6.07, 6.45) is 4.65. The summed E-state index contributed by atoms with van der Waals surface area (Å²) in [5.41, 5.74) is 6.45. The number of hydrogen-bond acceptors (Lipinski definition) is 2. The number of nitrogens with one attached hydrogen (secondary N) is 1. The second kappa shape index (κ2) is 5.69. The summed E-state index contributed by atoms with van der Waals surface area (Å²) in [7, 11) is 0. The zero-order chi connectivity index (χ0) is 12.3. The number of halogens is 2. The van der Waals surface area contributed by atoms with Crippen LogP contribution in [0.15, 0.2) is 18.2 Å². The Morgan fingerprint density at radius 2 is 2.12 bits per heavy atom. The second-order valence-corrected chi connectivity index (χ2v) is 5.06. The van der Waals surface area contributed by atoms with Crippen molar-refractivity contribution in [3.05, 3.63) is 29.0 Å². The highest BCUT2D eigenvalue weighted by molar-refractivity contribution is 6.33. The summed E-state index contributed by atoms with van der Waals surface area (Å²) in [6, 6.07) is 4.71. The fourth-order valence-electron chi connectivity index (χ4n) is 2.49. The Bertz CT molecular complexity index is 384. The molecule has 2 atom stereocenters. The molecule has 1 aliphatic rings. The van der Waals surface area contributed by atoms with E-state index in [0.717, 1.165) is 12.8 Å². The molecule has 2 nitrogen and oxygen atoms in total. The zero-order valence-electron chi connectivity index (χ0n) is 9.76. The lowest BCUT2D eigenvalue weighted by molar-refractivity contribution is 0.332. The third-order valence-electron chi connectivity index (χ3n) is 3.48. The van der Waals surface area contributed by atoms with Crippen LogP contribution in [0.5, 0.6) is 0 Å². The third-order valence-corrected chi connectivity index (χ3v) is 3.81. The fraction of sp³-hybridized carbons (Fsp3) is 0.538. The first kappa shape index (κ1) is 12.7. The van der Waals surface area contributed by atoms with Gasteiger partial charge in [-0.25, -0.2) is 4.39 Å². The van der Waals surface area contributed by atoms with Crippen LogP contribution >= 0.6 is 11.6 Å². The van der Waals surface area contributed by atoms with Crippen molar-refractivity contribution in [2.24, 2.45) is 11.7 Å². The van der Waals surface area contributed by atoms with Crippen LogP contribution < -0.4 is 11.1 Å². The maximum atomic E-state index is 13.2. The van der Waals surface area contributed by atoms with Crippen molar-refractivity contribution in [1.29, 1.82) is 0 Å². The van der Waals surface area contributed by atoms with Crippen molar-refractivity contribution in [1.82, 2.24) is 0 Å². The van der Waals surface area contributed by atoms with E-state index >= 15 is 0 Å². The van der Waals surface area contributed by atoms with Gasteiger partial charge in [-0.15, -0.1) is 0 Å². The first-order valence-electron chi connectivity index (χ1n) is 6.12. The van der Waals surface area contributed by atoms with Gasteiger partial charge in [-0.2, -0.15) is 0 Å². The molecule has 0 bridgehead atoms. The molecule has 0 heterocycles. The minimum Gasteiger partial charge on any atom is -0.381 e. The van der Waals surface area contributed by atoms with Crippen molar-refractivity contribution in [2.75, 3.05) is 11.9 Å². The molecular formula is C13H18ClFN2. The molecule has 0 saturated heterocycles. The van der Waals surface area contributed by atoms with Gasteiger partial charge in [0.1, 0.15) is 5.82 Å². The van der Waals surface area contributed by atoms with Gasteiger partial charge >= 0.3 is 0 Å². The zero-order valence-corrected chi connectivity index (χ0v) is 10.5. The molecule has 0 aliphatic heterocycles. The topological polar surface area (TPSA) is 38.0 Å². The highest BCUT2D eigenvalue weighted by Crippen LogP contribution is 2.30. The lowest BCUT2D eigenvalue weighted by Gasteiger charge is -2.32. The maximum absolute atomic E-state index is 13.2. The summed E-state index contributed by atoms with van der Waals surface area (Å²) < 4.78 is 13.2.